The molecule has 0 spiro atoms. The van der Waals surface area contributed by atoms with E-state index in [0.29, 0.717) is 5.52 Å². The van der Waals surface area contributed by atoms with Crippen LogP contribution < -0.4 is 10.8 Å². The van der Waals surface area contributed by atoms with E-state index >= 15 is 0 Å². The molecule has 2 aliphatic heterocycles. The average Bonchev–Trinajstić information content (AvgIpc) is 3.29. The molecule has 0 saturated carbocycles. The molecule has 2 aliphatic rings. The van der Waals surface area contributed by atoms with Crippen molar-refractivity contribution in [2.24, 2.45) is 0 Å². The Morgan fingerprint density at radius 1 is 1.43 bits per heavy atom. The number of ether oxygens (including phenoxy) is 3. The summed E-state index contributed by atoms with van der Waals surface area (Å²) >= 11 is 0. The molecule has 6 atom stereocenters. The number of hydrogen-bond donors (Lipinski definition) is 3. The summed E-state index contributed by atoms with van der Waals surface area (Å²) in [5, 5.41) is 28.4. The Kier molecular flexibility index (Phi) is 6.62. The molecule has 190 valence electrons. The van der Waals surface area contributed by atoms with Gasteiger partial charge in [0.25, 0.3) is 0 Å². The Balaban J connectivity index is 1.60. The van der Waals surface area contributed by atoms with E-state index in [-0.39, 0.29) is 24.2 Å². The number of nitrogen functional groups attached to an aromatic ring is 1. The number of rotatable bonds is 5. The summed E-state index contributed by atoms with van der Waals surface area (Å²) in [4.78, 5) is 16.0. The third-order valence-corrected chi connectivity index (χ3v) is 7.51. The second kappa shape index (κ2) is 9.11. The standard InChI is InChI=1S/C20H27N6O8P/c1-11(2)33-18(27)12(3)25-35(29)31-7-14-16(30-10-32-35)19(4,28)20(8-21,34-14)15-6-5-13-17(22)23-9-24-26(13)15/h5-6,9,11-12,14,16,28H,7,10H2,1-4H3,(H,25,29)(H2,22,23,24)/t12-,14+,16?,19?,20-,35?/m0/s1. The monoisotopic (exact) mass is 510 g/mol. The zero-order valence-corrected chi connectivity index (χ0v) is 20.5. The second-order valence-corrected chi connectivity index (χ2v) is 10.5. The lowest BCUT2D eigenvalue weighted by Crippen LogP contribution is -2.53. The fourth-order valence-electron chi connectivity index (χ4n) is 4.18. The van der Waals surface area contributed by atoms with Crippen LogP contribution in [0.1, 0.15) is 33.4 Å². The first-order valence-electron chi connectivity index (χ1n) is 10.8. The van der Waals surface area contributed by atoms with E-state index in [0.717, 1.165) is 0 Å². The zero-order chi connectivity index (χ0) is 25.6. The van der Waals surface area contributed by atoms with Gasteiger partial charge in [-0.3, -0.25) is 13.8 Å². The van der Waals surface area contributed by atoms with E-state index in [2.05, 4.69) is 15.2 Å². The number of hydrogen-bond acceptors (Lipinski definition) is 12. The number of aliphatic hydroxyl groups is 1. The summed E-state index contributed by atoms with van der Waals surface area (Å²) < 4.78 is 42.2. The van der Waals surface area contributed by atoms with Crippen molar-refractivity contribution >= 4 is 25.1 Å². The quantitative estimate of drug-likeness (QED) is 0.374. The maximum atomic E-state index is 13.2. The normalized spacial score (nSPS) is 34.1. The summed E-state index contributed by atoms with van der Waals surface area (Å²) in [6, 6.07) is 4.18. The van der Waals surface area contributed by atoms with Gasteiger partial charge in [0.1, 0.15) is 41.8 Å². The first-order chi connectivity index (χ1) is 16.4. The van der Waals surface area contributed by atoms with Crippen LogP contribution in [0.5, 0.6) is 0 Å². The molecule has 0 aromatic carbocycles. The minimum atomic E-state index is -4.05. The molecule has 2 aromatic rings. The number of nitrogens with zero attached hydrogens (tertiary/aromatic N) is 4. The molecule has 3 unspecified atom stereocenters. The number of carbonyl (C=O) groups excluding carboxylic acids is 1. The smallest absolute Gasteiger partial charge is 0.408 e. The number of nitrogens with two attached hydrogens (primary N) is 1. The van der Waals surface area contributed by atoms with Crippen LogP contribution in [-0.4, -0.2) is 69.0 Å². The fraction of sp³-hybridized carbons (Fsp3) is 0.600. The number of aromatic nitrogens is 3. The van der Waals surface area contributed by atoms with Crippen LogP contribution in [-0.2, 0) is 38.2 Å². The highest BCUT2D eigenvalue weighted by Gasteiger charge is 2.67. The minimum absolute atomic E-state index is 0.174. The van der Waals surface area contributed by atoms with Gasteiger partial charge in [-0.25, -0.2) is 19.2 Å². The first-order valence-corrected chi connectivity index (χ1v) is 12.4. The zero-order valence-electron chi connectivity index (χ0n) is 19.6. The summed E-state index contributed by atoms with van der Waals surface area (Å²) in [5.74, 6) is -0.471. The Morgan fingerprint density at radius 3 is 2.86 bits per heavy atom. The molecule has 0 radical (unpaired) electrons. The molecule has 0 aliphatic carbocycles. The molecule has 0 amide bonds. The van der Waals surface area contributed by atoms with E-state index in [1.54, 1.807) is 26.0 Å². The number of nitrogens with one attached hydrogen (secondary N) is 1. The van der Waals surface area contributed by atoms with Crippen molar-refractivity contribution in [3.8, 4) is 6.07 Å². The third kappa shape index (κ3) is 4.30. The molecule has 0 bridgehead atoms. The number of anilines is 1. The van der Waals surface area contributed by atoms with Crippen molar-refractivity contribution in [1.29, 1.82) is 5.26 Å². The van der Waals surface area contributed by atoms with Gasteiger partial charge >= 0.3 is 13.7 Å². The van der Waals surface area contributed by atoms with E-state index in [4.69, 9.17) is 29.0 Å². The molecule has 35 heavy (non-hydrogen) atoms. The van der Waals surface area contributed by atoms with Gasteiger partial charge < -0.3 is 25.1 Å². The Bertz CT molecular complexity index is 1210. The van der Waals surface area contributed by atoms with Crippen molar-refractivity contribution in [2.45, 2.75) is 63.3 Å². The highest BCUT2D eigenvalue weighted by molar-refractivity contribution is 7.51. The number of fused-ring (bicyclic) bond motifs is 2. The van der Waals surface area contributed by atoms with Crippen molar-refractivity contribution in [2.75, 3.05) is 19.1 Å². The molecule has 4 rings (SSSR count). The van der Waals surface area contributed by atoms with Crippen LogP contribution in [0.15, 0.2) is 18.5 Å². The molecule has 14 nitrogen and oxygen atoms in total. The lowest BCUT2D eigenvalue weighted by molar-refractivity contribution is -0.151. The van der Waals surface area contributed by atoms with Gasteiger partial charge in [0, 0.05) is 0 Å². The van der Waals surface area contributed by atoms with Gasteiger partial charge in [0.05, 0.1) is 18.4 Å². The lowest BCUT2D eigenvalue weighted by atomic mass is 9.80. The van der Waals surface area contributed by atoms with Crippen LogP contribution in [0.2, 0.25) is 0 Å². The van der Waals surface area contributed by atoms with Gasteiger partial charge in [-0.15, -0.1) is 0 Å². The molecule has 15 heteroatoms. The van der Waals surface area contributed by atoms with E-state index in [1.807, 2.05) is 6.07 Å². The number of nitriles is 1. The highest BCUT2D eigenvalue weighted by atomic mass is 31.2. The number of esters is 1. The number of carbonyl (C=O) groups is 1. The predicted molar refractivity (Wildman–Crippen MR) is 118 cm³/mol. The van der Waals surface area contributed by atoms with Gasteiger partial charge in [-0.1, -0.05) is 0 Å². The maximum Gasteiger partial charge on any atom is 0.408 e. The molecule has 2 fully saturated rings. The van der Waals surface area contributed by atoms with Crippen molar-refractivity contribution in [3.05, 3.63) is 24.2 Å². The molecular formula is C20H27N6O8P. The topological polar surface area (TPSA) is 193 Å². The fourth-order valence-corrected chi connectivity index (χ4v) is 5.52. The summed E-state index contributed by atoms with van der Waals surface area (Å²) in [6.45, 7) is 5.23. The molecule has 2 saturated heterocycles. The van der Waals surface area contributed by atoms with Gasteiger partial charge in [0.2, 0.25) is 5.60 Å². The van der Waals surface area contributed by atoms with Crippen molar-refractivity contribution < 1.29 is 37.7 Å². The average molecular weight is 510 g/mol. The van der Waals surface area contributed by atoms with E-state index in [1.165, 1.54) is 24.7 Å². The Labute approximate surface area is 200 Å². The molecule has 4 N–H and O–H groups in total. The minimum Gasteiger partial charge on any atom is -0.462 e. The summed E-state index contributed by atoms with van der Waals surface area (Å²) in [5.41, 5.74) is 2.63. The molecular weight excluding hydrogens is 483 g/mol. The third-order valence-electron chi connectivity index (χ3n) is 5.87. The van der Waals surface area contributed by atoms with Crippen molar-refractivity contribution in [3.63, 3.8) is 0 Å². The van der Waals surface area contributed by atoms with Crippen LogP contribution >= 0.6 is 7.75 Å². The Hall–Kier alpha value is -2.63. The Morgan fingerprint density at radius 2 is 2.17 bits per heavy atom. The van der Waals surface area contributed by atoms with Gasteiger partial charge in [0.15, 0.2) is 12.6 Å². The van der Waals surface area contributed by atoms with E-state index in [9.17, 15) is 19.7 Å². The first kappa shape index (κ1) is 25.5. The summed E-state index contributed by atoms with van der Waals surface area (Å²) in [6.07, 6.45) is -1.30. The highest BCUT2D eigenvalue weighted by Crippen LogP contribution is 2.52. The van der Waals surface area contributed by atoms with Crippen LogP contribution in [0.4, 0.5) is 5.82 Å². The summed E-state index contributed by atoms with van der Waals surface area (Å²) in [7, 11) is -4.05. The SMILES string of the molecule is CC(C)OC(=O)[C@H](C)NP1(=O)OCOC2[C@@H](CO1)O[C@@](C#N)(c1ccc3c(N)ncnn13)C2(C)O. The van der Waals surface area contributed by atoms with Crippen LogP contribution in [0, 0.1) is 11.3 Å². The van der Waals surface area contributed by atoms with Crippen molar-refractivity contribution in [1.82, 2.24) is 19.7 Å². The molecule has 4 heterocycles. The predicted octanol–water partition coefficient (Wildman–Crippen LogP) is 0.607. The van der Waals surface area contributed by atoms with Gasteiger partial charge in [-0.05, 0) is 39.8 Å². The lowest BCUT2D eigenvalue weighted by Gasteiger charge is -2.35. The van der Waals surface area contributed by atoms with Gasteiger partial charge in [-0.2, -0.15) is 10.4 Å². The van der Waals surface area contributed by atoms with E-state index < -0.39 is 50.0 Å². The molecule has 2 aromatic heterocycles. The maximum absolute atomic E-state index is 13.2. The van der Waals surface area contributed by atoms with Crippen LogP contribution in [0.25, 0.3) is 5.52 Å². The largest absolute Gasteiger partial charge is 0.462 e. The van der Waals surface area contributed by atoms with Crippen LogP contribution in [0.3, 0.4) is 0 Å². The second-order valence-electron chi connectivity index (χ2n) is 8.72.